The molecule has 0 aliphatic rings. The van der Waals surface area contributed by atoms with Crippen LogP contribution in [0.2, 0.25) is 0 Å². The Kier molecular flexibility index (Phi) is 37.2. The standard InChI is InChI=1S/C42H77O10P/c1-3-5-7-9-11-13-15-17-19-21-23-25-27-29-31-33-41(45)49-37-40(38-51-53(47,48)50-36-39(44)35-43)52-42(46)34-32-30-28-26-24-22-20-18-16-14-12-10-8-6-4-2/h9,11-12,14,18,20,39-40,43-44H,3-8,10,13,15-17,19,21-38H2,1-2H3,(H,47,48)/b11-9+,14-12+,20-18+/t39-,40+/m0/s1. The summed E-state index contributed by atoms with van der Waals surface area (Å²) in [4.78, 5) is 34.9. The van der Waals surface area contributed by atoms with E-state index in [-0.39, 0.29) is 19.4 Å². The molecule has 0 fully saturated rings. The van der Waals surface area contributed by atoms with Crippen molar-refractivity contribution in [1.29, 1.82) is 0 Å². The van der Waals surface area contributed by atoms with Crippen molar-refractivity contribution in [2.24, 2.45) is 0 Å². The van der Waals surface area contributed by atoms with Gasteiger partial charge in [0.2, 0.25) is 0 Å². The summed E-state index contributed by atoms with van der Waals surface area (Å²) in [7, 11) is -4.62. The van der Waals surface area contributed by atoms with Gasteiger partial charge in [-0.1, -0.05) is 140 Å². The fourth-order valence-electron chi connectivity index (χ4n) is 5.47. The molecule has 0 saturated heterocycles. The fraction of sp³-hybridized carbons (Fsp3) is 0.810. The van der Waals surface area contributed by atoms with E-state index < -0.39 is 51.8 Å². The van der Waals surface area contributed by atoms with Crippen molar-refractivity contribution in [2.45, 2.75) is 193 Å². The van der Waals surface area contributed by atoms with Gasteiger partial charge in [0.15, 0.2) is 6.10 Å². The lowest BCUT2D eigenvalue weighted by atomic mass is 10.1. The minimum absolute atomic E-state index is 0.168. The molecule has 3 atom stereocenters. The number of phosphoric acid groups is 1. The molecule has 10 nitrogen and oxygen atoms in total. The molecule has 3 N–H and O–H groups in total. The summed E-state index contributed by atoms with van der Waals surface area (Å²) < 4.78 is 32.7. The largest absolute Gasteiger partial charge is 0.472 e. The lowest BCUT2D eigenvalue weighted by Crippen LogP contribution is -2.29. The first-order valence-corrected chi connectivity index (χ1v) is 22.4. The highest BCUT2D eigenvalue weighted by Crippen LogP contribution is 2.43. The molecule has 0 aliphatic carbocycles. The molecule has 11 heteroatoms. The molecule has 0 aromatic heterocycles. The number of aliphatic hydroxyl groups is 2. The first-order chi connectivity index (χ1) is 25.7. The van der Waals surface area contributed by atoms with Gasteiger partial charge in [-0.05, 0) is 64.2 Å². The molecule has 0 aromatic carbocycles. The van der Waals surface area contributed by atoms with Crippen LogP contribution in [0.5, 0.6) is 0 Å². The number of esters is 2. The monoisotopic (exact) mass is 773 g/mol. The number of carbonyl (C=O) groups is 2. The van der Waals surface area contributed by atoms with E-state index >= 15 is 0 Å². The molecule has 0 spiro atoms. The van der Waals surface area contributed by atoms with Crippen LogP contribution >= 0.6 is 7.82 Å². The third kappa shape index (κ3) is 38.3. The van der Waals surface area contributed by atoms with Crippen LogP contribution in [-0.4, -0.2) is 65.7 Å². The summed E-state index contributed by atoms with van der Waals surface area (Å²) >= 11 is 0. The molecular formula is C42H77O10P. The van der Waals surface area contributed by atoms with Crippen LogP contribution in [0.3, 0.4) is 0 Å². The maximum atomic E-state index is 12.6. The van der Waals surface area contributed by atoms with Gasteiger partial charge >= 0.3 is 19.8 Å². The summed E-state index contributed by atoms with van der Waals surface area (Å²) in [6, 6.07) is 0. The molecule has 0 radical (unpaired) electrons. The van der Waals surface area contributed by atoms with Gasteiger partial charge in [0.1, 0.15) is 12.7 Å². The van der Waals surface area contributed by atoms with Crippen LogP contribution in [0.4, 0.5) is 0 Å². The first-order valence-electron chi connectivity index (χ1n) is 20.9. The number of phosphoric ester groups is 1. The van der Waals surface area contributed by atoms with Gasteiger partial charge in [0, 0.05) is 12.8 Å². The Morgan fingerprint density at radius 3 is 1.53 bits per heavy atom. The van der Waals surface area contributed by atoms with Crippen LogP contribution in [0.25, 0.3) is 0 Å². The average molecular weight is 773 g/mol. The Morgan fingerprint density at radius 1 is 0.566 bits per heavy atom. The van der Waals surface area contributed by atoms with Gasteiger partial charge in [-0.3, -0.25) is 18.6 Å². The zero-order chi connectivity index (χ0) is 39.1. The summed E-state index contributed by atoms with van der Waals surface area (Å²) in [5.74, 6) is -0.943. The van der Waals surface area contributed by atoms with Crippen LogP contribution in [0, 0.1) is 0 Å². The van der Waals surface area contributed by atoms with Gasteiger partial charge in [0.25, 0.3) is 0 Å². The normalized spacial score (nSPS) is 14.3. The molecule has 0 aromatic rings. The van der Waals surface area contributed by atoms with E-state index in [2.05, 4.69) is 54.8 Å². The molecule has 53 heavy (non-hydrogen) atoms. The van der Waals surface area contributed by atoms with E-state index in [1.54, 1.807) is 0 Å². The van der Waals surface area contributed by atoms with Crippen LogP contribution in [0.15, 0.2) is 36.5 Å². The summed E-state index contributed by atoms with van der Waals surface area (Å²) in [5.41, 5.74) is 0. The minimum atomic E-state index is -4.62. The molecular weight excluding hydrogens is 695 g/mol. The molecule has 310 valence electrons. The average Bonchev–Trinajstić information content (AvgIpc) is 3.14. The van der Waals surface area contributed by atoms with Crippen molar-refractivity contribution in [2.75, 3.05) is 26.4 Å². The zero-order valence-corrected chi connectivity index (χ0v) is 34.4. The van der Waals surface area contributed by atoms with E-state index in [4.69, 9.17) is 19.1 Å². The summed E-state index contributed by atoms with van der Waals surface area (Å²) in [6.45, 7) is 2.30. The molecule has 0 saturated carbocycles. The zero-order valence-electron chi connectivity index (χ0n) is 33.5. The van der Waals surface area contributed by atoms with Gasteiger partial charge < -0.3 is 24.6 Å². The quantitative estimate of drug-likeness (QED) is 0.0238. The Labute approximate surface area is 322 Å². The van der Waals surface area contributed by atoms with E-state index in [1.165, 1.54) is 77.0 Å². The Balaban J connectivity index is 4.34. The van der Waals surface area contributed by atoms with Crippen molar-refractivity contribution >= 4 is 19.8 Å². The Bertz CT molecular complexity index is 983. The maximum Gasteiger partial charge on any atom is 0.472 e. The van der Waals surface area contributed by atoms with Crippen LogP contribution in [-0.2, 0) is 32.7 Å². The Morgan fingerprint density at radius 2 is 1.00 bits per heavy atom. The molecule has 1 unspecified atom stereocenters. The first kappa shape index (κ1) is 51.2. The number of unbranched alkanes of at least 4 members (excludes halogenated alkanes) is 19. The number of rotatable bonds is 39. The van der Waals surface area contributed by atoms with E-state index in [0.29, 0.717) is 12.8 Å². The number of ether oxygens (including phenoxy) is 2. The van der Waals surface area contributed by atoms with E-state index in [1.807, 2.05) is 0 Å². The van der Waals surface area contributed by atoms with Crippen molar-refractivity contribution in [1.82, 2.24) is 0 Å². The summed E-state index contributed by atoms with van der Waals surface area (Å²) in [6.07, 6.45) is 38.2. The summed E-state index contributed by atoms with van der Waals surface area (Å²) in [5, 5.41) is 18.3. The van der Waals surface area contributed by atoms with Crippen LogP contribution in [0.1, 0.15) is 181 Å². The van der Waals surface area contributed by atoms with E-state index in [0.717, 1.165) is 64.2 Å². The van der Waals surface area contributed by atoms with Crippen LogP contribution < -0.4 is 0 Å². The number of allylic oxidation sites excluding steroid dienone is 6. The van der Waals surface area contributed by atoms with Crippen molar-refractivity contribution in [3.05, 3.63) is 36.5 Å². The second kappa shape index (κ2) is 38.5. The number of carbonyl (C=O) groups excluding carboxylic acids is 2. The molecule has 0 amide bonds. The van der Waals surface area contributed by atoms with Gasteiger partial charge in [0.05, 0.1) is 19.8 Å². The maximum absolute atomic E-state index is 12.6. The fourth-order valence-corrected chi connectivity index (χ4v) is 6.26. The van der Waals surface area contributed by atoms with Gasteiger partial charge in [-0.2, -0.15) is 0 Å². The lowest BCUT2D eigenvalue weighted by molar-refractivity contribution is -0.161. The number of hydrogen-bond acceptors (Lipinski definition) is 9. The van der Waals surface area contributed by atoms with Crippen molar-refractivity contribution < 1.29 is 47.8 Å². The SMILES string of the molecule is CCCC/C=C/CCCCCCCCCCCC(=O)OC[C@H](COP(=O)(O)OC[C@@H](O)CO)OC(=O)CCCCCCC/C=C/C/C=C/CCCCC. The highest BCUT2D eigenvalue weighted by atomic mass is 31.2. The van der Waals surface area contributed by atoms with Crippen molar-refractivity contribution in [3.63, 3.8) is 0 Å². The Hall–Kier alpha value is -1.81. The molecule has 0 bridgehead atoms. The predicted molar refractivity (Wildman–Crippen MR) is 214 cm³/mol. The second-order valence-corrected chi connectivity index (χ2v) is 15.5. The predicted octanol–water partition coefficient (Wildman–Crippen LogP) is 10.8. The highest BCUT2D eigenvalue weighted by molar-refractivity contribution is 7.47. The van der Waals surface area contributed by atoms with Gasteiger partial charge in [-0.15, -0.1) is 0 Å². The number of hydrogen-bond donors (Lipinski definition) is 3. The number of aliphatic hydroxyl groups excluding tert-OH is 2. The van der Waals surface area contributed by atoms with Crippen molar-refractivity contribution in [3.8, 4) is 0 Å². The lowest BCUT2D eigenvalue weighted by Gasteiger charge is -2.20. The minimum Gasteiger partial charge on any atom is -0.462 e. The molecule has 0 heterocycles. The molecule has 0 aliphatic heterocycles. The van der Waals surface area contributed by atoms with E-state index in [9.17, 15) is 24.2 Å². The second-order valence-electron chi connectivity index (χ2n) is 14.0. The third-order valence-electron chi connectivity index (χ3n) is 8.77. The highest BCUT2D eigenvalue weighted by Gasteiger charge is 2.27. The third-order valence-corrected chi connectivity index (χ3v) is 9.72. The topological polar surface area (TPSA) is 149 Å². The smallest absolute Gasteiger partial charge is 0.462 e. The molecule has 0 rings (SSSR count). The van der Waals surface area contributed by atoms with Gasteiger partial charge in [-0.25, -0.2) is 4.57 Å².